The molecule has 5 nitrogen and oxygen atoms in total. The predicted octanol–water partition coefficient (Wildman–Crippen LogP) is 4.36. The van der Waals surface area contributed by atoms with Crippen molar-refractivity contribution < 1.29 is 9.59 Å². The molecular weight excluding hydrogens is 414 g/mol. The molecule has 0 saturated carbocycles. The van der Waals surface area contributed by atoms with Crippen LogP contribution in [0, 0.1) is 0 Å². The van der Waals surface area contributed by atoms with Gasteiger partial charge in [0.05, 0.1) is 5.02 Å². The molecule has 0 aliphatic rings. The molecule has 144 valence electrons. The number of hydrogen-bond acceptors (Lipinski definition) is 4. The van der Waals surface area contributed by atoms with Gasteiger partial charge in [-0.1, -0.05) is 41.9 Å². The van der Waals surface area contributed by atoms with Crippen molar-refractivity contribution in [3.05, 3.63) is 64.0 Å². The Kier molecular flexibility index (Phi) is 6.61. The van der Waals surface area contributed by atoms with E-state index in [0.717, 1.165) is 21.3 Å². The van der Waals surface area contributed by atoms with E-state index in [0.29, 0.717) is 22.7 Å². The minimum Gasteiger partial charge on any atom is -0.359 e. The highest BCUT2D eigenvalue weighted by molar-refractivity contribution is 7.80. The Labute approximate surface area is 177 Å². The number of hydrogen-bond donors (Lipinski definition) is 3. The van der Waals surface area contributed by atoms with Crippen LogP contribution in [0.1, 0.15) is 21.7 Å². The van der Waals surface area contributed by atoms with Gasteiger partial charge in [0.25, 0.3) is 5.91 Å². The van der Waals surface area contributed by atoms with Gasteiger partial charge >= 0.3 is 0 Å². The summed E-state index contributed by atoms with van der Waals surface area (Å²) in [5.74, 6) is -0.336. The maximum absolute atomic E-state index is 12.5. The van der Waals surface area contributed by atoms with Crippen LogP contribution in [0.5, 0.6) is 0 Å². The van der Waals surface area contributed by atoms with E-state index in [1.165, 1.54) is 11.3 Å². The molecule has 3 rings (SSSR count). The SMILES string of the molecule is CNC(=O)CCc1ccc(NC(=S)NC(=O)c2sc3ccccc3c2Cl)cc1. The fourth-order valence-corrected chi connectivity index (χ4v) is 4.24. The first-order chi connectivity index (χ1) is 13.5. The lowest BCUT2D eigenvalue weighted by Gasteiger charge is -2.10. The molecule has 8 heteroatoms. The van der Waals surface area contributed by atoms with Crippen LogP contribution in [0.2, 0.25) is 5.02 Å². The Morgan fingerprint density at radius 3 is 2.50 bits per heavy atom. The van der Waals surface area contributed by atoms with Gasteiger partial charge in [-0.3, -0.25) is 14.9 Å². The van der Waals surface area contributed by atoms with Crippen molar-refractivity contribution in [3.63, 3.8) is 0 Å². The maximum atomic E-state index is 12.5. The number of benzene rings is 2. The molecule has 0 fully saturated rings. The van der Waals surface area contributed by atoms with Gasteiger partial charge < -0.3 is 10.6 Å². The number of carbonyl (C=O) groups is 2. The van der Waals surface area contributed by atoms with E-state index in [1.807, 2.05) is 48.5 Å². The summed E-state index contributed by atoms with van der Waals surface area (Å²) in [5.41, 5.74) is 1.79. The first kappa shape index (κ1) is 20.3. The van der Waals surface area contributed by atoms with Gasteiger partial charge in [0.2, 0.25) is 5.91 Å². The average molecular weight is 432 g/mol. The van der Waals surface area contributed by atoms with Crippen molar-refractivity contribution in [1.29, 1.82) is 0 Å². The van der Waals surface area contributed by atoms with Crippen molar-refractivity contribution in [2.75, 3.05) is 12.4 Å². The monoisotopic (exact) mass is 431 g/mol. The van der Waals surface area contributed by atoms with Gasteiger partial charge in [0.1, 0.15) is 4.88 Å². The summed E-state index contributed by atoms with van der Waals surface area (Å²) in [6, 6.07) is 15.1. The Hall–Kier alpha value is -2.48. The van der Waals surface area contributed by atoms with Crippen LogP contribution >= 0.6 is 35.2 Å². The zero-order valence-electron chi connectivity index (χ0n) is 15.0. The summed E-state index contributed by atoms with van der Waals surface area (Å²) in [6.45, 7) is 0. The Morgan fingerprint density at radius 2 is 1.82 bits per heavy atom. The lowest BCUT2D eigenvalue weighted by atomic mass is 10.1. The van der Waals surface area contributed by atoms with Crippen molar-refractivity contribution in [2.24, 2.45) is 0 Å². The van der Waals surface area contributed by atoms with Crippen LogP contribution in [0.3, 0.4) is 0 Å². The van der Waals surface area contributed by atoms with Gasteiger partial charge in [-0.05, 0) is 42.4 Å². The van der Waals surface area contributed by atoms with Gasteiger partial charge in [-0.15, -0.1) is 11.3 Å². The van der Waals surface area contributed by atoms with E-state index in [2.05, 4.69) is 16.0 Å². The van der Waals surface area contributed by atoms with E-state index < -0.39 is 0 Å². The van der Waals surface area contributed by atoms with Gasteiger partial charge in [0, 0.05) is 29.2 Å². The number of amides is 2. The highest BCUT2D eigenvalue weighted by Gasteiger charge is 2.17. The van der Waals surface area contributed by atoms with Crippen LogP contribution in [-0.2, 0) is 11.2 Å². The molecule has 0 atom stereocenters. The molecule has 3 aromatic rings. The van der Waals surface area contributed by atoms with Crippen LogP contribution < -0.4 is 16.0 Å². The normalized spacial score (nSPS) is 10.5. The van der Waals surface area contributed by atoms with Crippen LogP contribution in [-0.4, -0.2) is 24.0 Å². The predicted molar refractivity (Wildman–Crippen MR) is 119 cm³/mol. The molecule has 0 spiro atoms. The molecule has 3 N–H and O–H groups in total. The van der Waals surface area contributed by atoms with E-state index >= 15 is 0 Å². The Balaban J connectivity index is 1.59. The van der Waals surface area contributed by atoms with Crippen molar-refractivity contribution >= 4 is 67.9 Å². The van der Waals surface area contributed by atoms with Crippen molar-refractivity contribution in [2.45, 2.75) is 12.8 Å². The van der Waals surface area contributed by atoms with E-state index in [4.69, 9.17) is 23.8 Å². The number of fused-ring (bicyclic) bond motifs is 1. The number of rotatable bonds is 5. The molecule has 0 bridgehead atoms. The zero-order chi connectivity index (χ0) is 20.1. The van der Waals surface area contributed by atoms with E-state index in [9.17, 15) is 9.59 Å². The van der Waals surface area contributed by atoms with E-state index in [1.54, 1.807) is 7.05 Å². The Bertz CT molecular complexity index is 1030. The molecule has 1 aromatic heterocycles. The minimum absolute atomic E-state index is 0.00555. The summed E-state index contributed by atoms with van der Waals surface area (Å²) < 4.78 is 0.948. The summed E-state index contributed by atoms with van der Waals surface area (Å²) in [6.07, 6.45) is 1.10. The second kappa shape index (κ2) is 9.14. The standard InChI is InChI=1S/C20H18ClN3O2S2/c1-22-16(25)11-8-12-6-9-13(10-7-12)23-20(27)24-19(26)18-17(21)14-4-2-3-5-15(14)28-18/h2-7,9-10H,8,11H2,1H3,(H,22,25)(H2,23,24,26,27). The molecule has 0 aliphatic heterocycles. The molecule has 0 unspecified atom stereocenters. The molecule has 2 aromatic carbocycles. The largest absolute Gasteiger partial charge is 0.359 e. The third-order valence-electron chi connectivity index (χ3n) is 4.10. The minimum atomic E-state index is -0.342. The fourth-order valence-electron chi connectivity index (χ4n) is 2.62. The Morgan fingerprint density at radius 1 is 1.11 bits per heavy atom. The average Bonchev–Trinajstić information content (AvgIpc) is 3.04. The highest BCUT2D eigenvalue weighted by atomic mass is 35.5. The van der Waals surface area contributed by atoms with Crippen molar-refractivity contribution in [1.82, 2.24) is 10.6 Å². The first-order valence-electron chi connectivity index (χ1n) is 8.57. The lowest BCUT2D eigenvalue weighted by Crippen LogP contribution is -2.33. The van der Waals surface area contributed by atoms with Crippen molar-refractivity contribution in [3.8, 4) is 0 Å². The first-order valence-corrected chi connectivity index (χ1v) is 10.2. The zero-order valence-corrected chi connectivity index (χ0v) is 17.4. The van der Waals surface area contributed by atoms with Gasteiger partial charge in [-0.25, -0.2) is 0 Å². The molecule has 28 heavy (non-hydrogen) atoms. The molecular formula is C20H18ClN3O2S2. The number of carbonyl (C=O) groups excluding carboxylic acids is 2. The lowest BCUT2D eigenvalue weighted by molar-refractivity contribution is -0.120. The van der Waals surface area contributed by atoms with Crippen LogP contribution in [0.15, 0.2) is 48.5 Å². The van der Waals surface area contributed by atoms with E-state index in [-0.39, 0.29) is 16.9 Å². The number of nitrogens with one attached hydrogen (secondary N) is 3. The molecule has 0 radical (unpaired) electrons. The second-order valence-electron chi connectivity index (χ2n) is 6.02. The molecule has 0 saturated heterocycles. The summed E-state index contributed by atoms with van der Waals surface area (Å²) in [5, 5.41) is 9.72. The smallest absolute Gasteiger partial charge is 0.269 e. The summed E-state index contributed by atoms with van der Waals surface area (Å²) in [4.78, 5) is 24.3. The molecule has 1 heterocycles. The summed E-state index contributed by atoms with van der Waals surface area (Å²) in [7, 11) is 1.62. The number of thiocarbonyl (C=S) groups is 1. The third kappa shape index (κ3) is 4.86. The molecule has 0 aliphatic carbocycles. The van der Waals surface area contributed by atoms with Gasteiger partial charge in [-0.2, -0.15) is 0 Å². The topological polar surface area (TPSA) is 70.2 Å². The van der Waals surface area contributed by atoms with Crippen LogP contribution in [0.4, 0.5) is 5.69 Å². The number of anilines is 1. The maximum Gasteiger partial charge on any atom is 0.269 e. The highest BCUT2D eigenvalue weighted by Crippen LogP contribution is 2.34. The van der Waals surface area contributed by atoms with Gasteiger partial charge in [0.15, 0.2) is 5.11 Å². The van der Waals surface area contributed by atoms with Crippen LogP contribution in [0.25, 0.3) is 10.1 Å². The third-order valence-corrected chi connectivity index (χ3v) is 5.98. The number of thiophene rings is 1. The number of aryl methyl sites for hydroxylation is 1. The fraction of sp³-hybridized carbons (Fsp3) is 0.150. The molecule has 2 amide bonds. The second-order valence-corrected chi connectivity index (χ2v) is 7.86. The number of halogens is 1. The summed E-state index contributed by atoms with van der Waals surface area (Å²) >= 11 is 12.9. The quantitative estimate of drug-likeness (QED) is 0.525.